The summed E-state index contributed by atoms with van der Waals surface area (Å²) in [6.45, 7) is 6.42. The Labute approximate surface area is 221 Å². The Morgan fingerprint density at radius 2 is 1.97 bits per heavy atom. The quantitative estimate of drug-likeness (QED) is 0.448. The van der Waals surface area contributed by atoms with Crippen molar-refractivity contribution in [3.63, 3.8) is 0 Å². The highest BCUT2D eigenvalue weighted by Gasteiger charge is 2.48. The maximum absolute atomic E-state index is 13.6. The SMILES string of the molecule is CCCCCCOc1cccc([C@@H](C)NC(=O)N2CCC[C@H]3C(=O)N4CCc5ccccc5[C@H]4C[C@H]32)c1. The highest BCUT2D eigenvalue weighted by atomic mass is 16.5. The molecule has 2 saturated heterocycles. The van der Waals surface area contributed by atoms with Crippen LogP contribution < -0.4 is 10.1 Å². The predicted octanol–water partition coefficient (Wildman–Crippen LogP) is 6.03. The molecule has 0 radical (unpaired) electrons. The summed E-state index contributed by atoms with van der Waals surface area (Å²) in [7, 11) is 0. The maximum Gasteiger partial charge on any atom is 0.318 e. The van der Waals surface area contributed by atoms with Crippen LogP contribution in [0.3, 0.4) is 0 Å². The van der Waals surface area contributed by atoms with Gasteiger partial charge in [0.05, 0.1) is 24.6 Å². The number of urea groups is 1. The van der Waals surface area contributed by atoms with Crippen LogP contribution in [0.2, 0.25) is 0 Å². The van der Waals surface area contributed by atoms with E-state index >= 15 is 0 Å². The average Bonchev–Trinajstić information content (AvgIpc) is 2.93. The molecule has 1 N–H and O–H groups in total. The lowest BCUT2D eigenvalue weighted by Gasteiger charge is -2.51. The molecular formula is C31H41N3O3. The van der Waals surface area contributed by atoms with Gasteiger partial charge in [0.2, 0.25) is 5.91 Å². The van der Waals surface area contributed by atoms with E-state index in [2.05, 4.69) is 41.4 Å². The van der Waals surface area contributed by atoms with Crippen molar-refractivity contribution in [1.29, 1.82) is 0 Å². The van der Waals surface area contributed by atoms with Gasteiger partial charge < -0.3 is 19.9 Å². The molecule has 5 rings (SSSR count). The first kappa shape index (κ1) is 25.6. The molecule has 6 heteroatoms. The Morgan fingerprint density at radius 3 is 2.84 bits per heavy atom. The number of hydrogen-bond donors (Lipinski definition) is 1. The fraction of sp³-hybridized carbons (Fsp3) is 0.548. The third kappa shape index (κ3) is 5.48. The minimum absolute atomic E-state index is 0.0568. The molecule has 0 spiro atoms. The number of hydrogen-bond acceptors (Lipinski definition) is 3. The number of rotatable bonds is 8. The topological polar surface area (TPSA) is 61.9 Å². The van der Waals surface area contributed by atoms with Crippen molar-refractivity contribution in [2.24, 2.45) is 5.92 Å². The summed E-state index contributed by atoms with van der Waals surface area (Å²) in [4.78, 5) is 31.2. The molecular weight excluding hydrogens is 462 g/mol. The zero-order chi connectivity index (χ0) is 25.8. The van der Waals surface area contributed by atoms with Gasteiger partial charge in [-0.15, -0.1) is 0 Å². The molecule has 0 saturated carbocycles. The molecule has 37 heavy (non-hydrogen) atoms. The second-order valence-corrected chi connectivity index (χ2v) is 10.9. The first-order valence-corrected chi connectivity index (χ1v) is 14.2. The Kier molecular flexibility index (Phi) is 8.02. The van der Waals surface area contributed by atoms with E-state index in [4.69, 9.17) is 4.74 Å². The molecule has 3 aliphatic heterocycles. The van der Waals surface area contributed by atoms with Gasteiger partial charge in [-0.1, -0.05) is 62.6 Å². The second-order valence-electron chi connectivity index (χ2n) is 10.9. The van der Waals surface area contributed by atoms with Crippen LogP contribution in [-0.4, -0.2) is 47.5 Å². The zero-order valence-corrected chi connectivity index (χ0v) is 22.3. The van der Waals surface area contributed by atoms with E-state index in [1.165, 1.54) is 30.4 Å². The summed E-state index contributed by atoms with van der Waals surface area (Å²) < 4.78 is 5.96. The Hall–Kier alpha value is -3.02. The maximum atomic E-state index is 13.6. The smallest absolute Gasteiger partial charge is 0.318 e. The van der Waals surface area contributed by atoms with Gasteiger partial charge in [0, 0.05) is 19.1 Å². The van der Waals surface area contributed by atoms with E-state index in [-0.39, 0.29) is 36.0 Å². The van der Waals surface area contributed by atoms with Gasteiger partial charge in [-0.2, -0.15) is 0 Å². The van der Waals surface area contributed by atoms with Crippen LogP contribution in [0.1, 0.15) is 87.6 Å². The van der Waals surface area contributed by atoms with Crippen molar-refractivity contribution < 1.29 is 14.3 Å². The summed E-state index contributed by atoms with van der Waals surface area (Å²) in [6, 6.07) is 16.3. The standard InChI is InChI=1S/C31H41N3O3/c1-3-4-5-8-19-37-25-13-9-12-24(20-25)22(2)32-31(36)34-17-10-15-27-29(34)21-28-26-14-7-6-11-23(26)16-18-33(28)30(27)35/h6-7,9,11-14,20,22,27-29H,3-5,8,10,15-19,21H2,1-2H3,(H,32,36)/t22-,27-,28-,29-/m1/s1. The predicted molar refractivity (Wildman–Crippen MR) is 145 cm³/mol. The van der Waals surface area contributed by atoms with E-state index in [0.29, 0.717) is 6.54 Å². The Bertz CT molecular complexity index is 1100. The Morgan fingerprint density at radius 1 is 1.11 bits per heavy atom. The third-order valence-corrected chi connectivity index (χ3v) is 8.48. The minimum Gasteiger partial charge on any atom is -0.494 e. The minimum atomic E-state index is -0.150. The summed E-state index contributed by atoms with van der Waals surface area (Å²) >= 11 is 0. The van der Waals surface area contributed by atoms with Crippen LogP contribution in [-0.2, 0) is 11.2 Å². The van der Waals surface area contributed by atoms with Crippen molar-refractivity contribution in [3.8, 4) is 5.75 Å². The Balaban J connectivity index is 1.25. The number of amides is 3. The zero-order valence-electron chi connectivity index (χ0n) is 22.3. The molecule has 0 aliphatic carbocycles. The average molecular weight is 504 g/mol. The van der Waals surface area contributed by atoms with Gasteiger partial charge in [-0.3, -0.25) is 4.79 Å². The number of likely N-dealkylation sites (tertiary alicyclic amines) is 1. The van der Waals surface area contributed by atoms with E-state index < -0.39 is 0 Å². The lowest BCUT2D eigenvalue weighted by atomic mass is 9.76. The van der Waals surface area contributed by atoms with Gasteiger partial charge in [-0.05, 0) is 67.9 Å². The van der Waals surface area contributed by atoms with Crippen molar-refractivity contribution in [3.05, 3.63) is 65.2 Å². The number of piperidine rings is 2. The van der Waals surface area contributed by atoms with Gasteiger partial charge in [0.15, 0.2) is 0 Å². The molecule has 3 aliphatic rings. The molecule has 6 nitrogen and oxygen atoms in total. The highest BCUT2D eigenvalue weighted by Crippen LogP contribution is 2.43. The van der Waals surface area contributed by atoms with Crippen LogP contribution in [0.15, 0.2) is 48.5 Å². The first-order chi connectivity index (χ1) is 18.1. The van der Waals surface area contributed by atoms with Crippen LogP contribution in [0, 0.1) is 5.92 Å². The number of ether oxygens (including phenoxy) is 1. The number of benzene rings is 2. The summed E-state index contributed by atoms with van der Waals surface area (Å²) in [6.07, 6.45) is 8.16. The van der Waals surface area contributed by atoms with Crippen molar-refractivity contribution in [2.75, 3.05) is 19.7 Å². The van der Waals surface area contributed by atoms with Gasteiger partial charge in [-0.25, -0.2) is 4.79 Å². The number of carbonyl (C=O) groups is 2. The van der Waals surface area contributed by atoms with E-state index in [1.54, 1.807) is 0 Å². The van der Waals surface area contributed by atoms with E-state index in [0.717, 1.165) is 56.6 Å². The number of nitrogens with one attached hydrogen (secondary N) is 1. The van der Waals surface area contributed by atoms with Crippen molar-refractivity contribution in [1.82, 2.24) is 15.1 Å². The summed E-state index contributed by atoms with van der Waals surface area (Å²) in [5.41, 5.74) is 3.62. The molecule has 2 aromatic carbocycles. The molecule has 2 aromatic rings. The lowest BCUT2D eigenvalue weighted by molar-refractivity contribution is -0.148. The van der Waals surface area contributed by atoms with Crippen LogP contribution in [0.4, 0.5) is 4.79 Å². The number of nitrogens with zero attached hydrogens (tertiary/aromatic N) is 2. The fourth-order valence-corrected chi connectivity index (χ4v) is 6.44. The third-order valence-electron chi connectivity index (χ3n) is 8.48. The lowest BCUT2D eigenvalue weighted by Crippen LogP contribution is -2.61. The second kappa shape index (κ2) is 11.6. The molecule has 2 fully saturated rings. The van der Waals surface area contributed by atoms with Crippen LogP contribution in [0.25, 0.3) is 0 Å². The summed E-state index contributed by atoms with van der Waals surface area (Å²) in [5, 5.41) is 3.22. The molecule has 0 bridgehead atoms. The van der Waals surface area contributed by atoms with E-state index in [9.17, 15) is 9.59 Å². The summed E-state index contributed by atoms with van der Waals surface area (Å²) in [5.74, 6) is 0.980. The van der Waals surface area contributed by atoms with Crippen molar-refractivity contribution >= 4 is 11.9 Å². The molecule has 3 amide bonds. The van der Waals surface area contributed by atoms with Gasteiger partial charge >= 0.3 is 6.03 Å². The number of unbranched alkanes of at least 4 members (excludes halogenated alkanes) is 3. The monoisotopic (exact) mass is 503 g/mol. The van der Waals surface area contributed by atoms with E-state index in [1.807, 2.05) is 36.1 Å². The van der Waals surface area contributed by atoms with Gasteiger partial charge in [0.1, 0.15) is 5.75 Å². The molecule has 3 heterocycles. The molecule has 4 atom stereocenters. The number of carbonyl (C=O) groups excluding carboxylic acids is 2. The van der Waals surface area contributed by atoms with Crippen LogP contribution >= 0.6 is 0 Å². The number of fused-ring (bicyclic) bond motifs is 4. The highest BCUT2D eigenvalue weighted by molar-refractivity contribution is 5.83. The molecule has 198 valence electrons. The van der Waals surface area contributed by atoms with Crippen molar-refractivity contribution in [2.45, 2.75) is 83.3 Å². The molecule has 0 unspecified atom stereocenters. The largest absolute Gasteiger partial charge is 0.494 e. The fourth-order valence-electron chi connectivity index (χ4n) is 6.44. The van der Waals surface area contributed by atoms with Gasteiger partial charge in [0.25, 0.3) is 0 Å². The van der Waals surface area contributed by atoms with Crippen LogP contribution in [0.5, 0.6) is 5.75 Å². The first-order valence-electron chi connectivity index (χ1n) is 14.2. The normalized spacial score (nSPS) is 23.5. The molecule has 0 aromatic heterocycles.